The van der Waals surface area contributed by atoms with Crippen molar-refractivity contribution in [3.8, 4) is 0 Å². The maximum Gasteiger partial charge on any atom is 0.219 e. The number of halogens is 1. The molecule has 1 aliphatic rings. The normalized spacial score (nSPS) is 19.1. The number of hydrogen-bond donors (Lipinski definition) is 0. The molecule has 1 aromatic rings. The highest BCUT2D eigenvalue weighted by Crippen LogP contribution is 2.40. The Morgan fingerprint density at radius 3 is 3.00 bits per heavy atom. The van der Waals surface area contributed by atoms with Crippen LogP contribution in [0.5, 0.6) is 0 Å². The zero-order chi connectivity index (χ0) is 11.7. The van der Waals surface area contributed by atoms with E-state index in [1.165, 1.54) is 10.5 Å². The lowest BCUT2D eigenvalue weighted by Crippen LogP contribution is -2.31. The predicted molar refractivity (Wildman–Crippen MR) is 70.7 cm³/mol. The molecule has 0 saturated carbocycles. The fraction of sp³-hybridized carbons (Fsp3) is 0.417. The molecule has 2 nitrogen and oxygen atoms in total. The van der Waals surface area contributed by atoms with Crippen molar-refractivity contribution in [2.45, 2.75) is 24.3 Å². The van der Waals surface area contributed by atoms with E-state index in [-0.39, 0.29) is 11.9 Å². The molecule has 1 heterocycles. The number of fused-ring (bicyclic) bond motifs is 1. The minimum Gasteiger partial charge on any atom is -0.339 e. The molecular weight excluding hydrogens is 286 g/mol. The molecule has 0 aliphatic carbocycles. The molecule has 16 heavy (non-hydrogen) atoms. The van der Waals surface area contributed by atoms with Crippen LogP contribution in [0.25, 0.3) is 0 Å². The third-order valence-corrected chi connectivity index (χ3v) is 4.56. The summed E-state index contributed by atoms with van der Waals surface area (Å²) in [7, 11) is 1.88. The average molecular weight is 300 g/mol. The lowest BCUT2D eigenvalue weighted by atomic mass is 10.0. The van der Waals surface area contributed by atoms with Crippen molar-refractivity contribution in [2.24, 2.45) is 0 Å². The van der Waals surface area contributed by atoms with Crippen molar-refractivity contribution >= 4 is 33.6 Å². The van der Waals surface area contributed by atoms with Gasteiger partial charge in [0.1, 0.15) is 0 Å². The van der Waals surface area contributed by atoms with Crippen molar-refractivity contribution in [3.05, 3.63) is 28.2 Å². The van der Waals surface area contributed by atoms with Crippen LogP contribution in [-0.4, -0.2) is 23.6 Å². The van der Waals surface area contributed by atoms with Crippen molar-refractivity contribution in [2.75, 3.05) is 12.8 Å². The summed E-state index contributed by atoms with van der Waals surface area (Å²) in [6, 6.07) is 6.55. The Kier molecular flexibility index (Phi) is 3.60. The van der Waals surface area contributed by atoms with Gasteiger partial charge in [-0.2, -0.15) is 0 Å². The van der Waals surface area contributed by atoms with Crippen molar-refractivity contribution in [1.29, 1.82) is 0 Å². The van der Waals surface area contributed by atoms with Crippen LogP contribution in [0.1, 0.15) is 24.9 Å². The van der Waals surface area contributed by atoms with Crippen LogP contribution in [0, 0.1) is 0 Å². The zero-order valence-electron chi connectivity index (χ0n) is 9.37. The molecule has 0 bridgehead atoms. The van der Waals surface area contributed by atoms with Crippen molar-refractivity contribution < 1.29 is 4.79 Å². The molecule has 0 spiro atoms. The van der Waals surface area contributed by atoms with Gasteiger partial charge in [0.05, 0.1) is 6.04 Å². The Morgan fingerprint density at radius 1 is 1.56 bits per heavy atom. The topological polar surface area (TPSA) is 20.3 Å². The number of benzene rings is 1. The van der Waals surface area contributed by atoms with E-state index in [0.717, 1.165) is 16.6 Å². The van der Waals surface area contributed by atoms with Crippen LogP contribution < -0.4 is 0 Å². The van der Waals surface area contributed by atoms with E-state index in [1.54, 1.807) is 6.92 Å². The molecule has 1 atom stereocenters. The summed E-state index contributed by atoms with van der Waals surface area (Å²) in [5, 5.41) is 0. The molecule has 0 fully saturated rings. The Labute approximate surface area is 109 Å². The summed E-state index contributed by atoms with van der Waals surface area (Å²) in [6.45, 7) is 1.62. The molecule has 2 rings (SSSR count). The highest BCUT2D eigenvalue weighted by Gasteiger charge is 2.25. The largest absolute Gasteiger partial charge is 0.339 e. The summed E-state index contributed by atoms with van der Waals surface area (Å²) in [5.41, 5.74) is 1.27. The van der Waals surface area contributed by atoms with Crippen LogP contribution in [0.15, 0.2) is 27.6 Å². The number of hydrogen-bond acceptors (Lipinski definition) is 2. The monoisotopic (exact) mass is 299 g/mol. The van der Waals surface area contributed by atoms with E-state index in [1.807, 2.05) is 23.7 Å². The van der Waals surface area contributed by atoms with Gasteiger partial charge in [0.2, 0.25) is 5.91 Å². The smallest absolute Gasteiger partial charge is 0.219 e. The zero-order valence-corrected chi connectivity index (χ0v) is 11.8. The standard InChI is InChI=1S/C12H14BrNOS/c1-8(15)14(2)11-5-6-16-12-4-3-9(13)7-10(11)12/h3-4,7,11H,5-6H2,1-2H3/t11-/m0/s1. The number of carbonyl (C=O) groups is 1. The second kappa shape index (κ2) is 4.80. The van der Waals surface area contributed by atoms with E-state index < -0.39 is 0 Å². The van der Waals surface area contributed by atoms with Gasteiger partial charge in [-0.1, -0.05) is 15.9 Å². The summed E-state index contributed by atoms with van der Waals surface area (Å²) >= 11 is 5.36. The molecule has 86 valence electrons. The van der Waals surface area contributed by atoms with Gasteiger partial charge >= 0.3 is 0 Å². The first-order chi connectivity index (χ1) is 7.59. The molecule has 4 heteroatoms. The van der Waals surface area contributed by atoms with Gasteiger partial charge in [-0.3, -0.25) is 4.79 Å². The van der Waals surface area contributed by atoms with E-state index >= 15 is 0 Å². The number of amides is 1. The SMILES string of the molecule is CC(=O)N(C)[C@H]1CCSc2ccc(Br)cc21. The van der Waals surface area contributed by atoms with Gasteiger partial charge in [0, 0.05) is 29.1 Å². The molecule has 1 aliphatic heterocycles. The van der Waals surface area contributed by atoms with Crippen LogP contribution in [0.4, 0.5) is 0 Å². The van der Waals surface area contributed by atoms with E-state index in [0.29, 0.717) is 0 Å². The average Bonchev–Trinajstić information content (AvgIpc) is 2.27. The number of nitrogens with zero attached hydrogens (tertiary/aromatic N) is 1. The van der Waals surface area contributed by atoms with Gasteiger partial charge in [-0.25, -0.2) is 0 Å². The number of thioether (sulfide) groups is 1. The lowest BCUT2D eigenvalue weighted by molar-refractivity contribution is -0.129. The van der Waals surface area contributed by atoms with Gasteiger partial charge in [-0.05, 0) is 30.2 Å². The van der Waals surface area contributed by atoms with Gasteiger partial charge in [-0.15, -0.1) is 11.8 Å². The summed E-state index contributed by atoms with van der Waals surface area (Å²) in [6.07, 6.45) is 1.03. The Balaban J connectivity index is 2.38. The van der Waals surface area contributed by atoms with Crippen LogP contribution >= 0.6 is 27.7 Å². The Morgan fingerprint density at radius 2 is 2.31 bits per heavy atom. The second-order valence-corrected chi connectivity index (χ2v) is 6.02. The highest BCUT2D eigenvalue weighted by molar-refractivity contribution is 9.10. The summed E-state index contributed by atoms with van der Waals surface area (Å²) < 4.78 is 1.08. The molecule has 1 amide bonds. The number of carbonyl (C=O) groups excluding carboxylic acids is 1. The molecule has 0 saturated heterocycles. The first-order valence-electron chi connectivity index (χ1n) is 5.25. The molecule has 0 radical (unpaired) electrons. The maximum atomic E-state index is 11.4. The highest BCUT2D eigenvalue weighted by atomic mass is 79.9. The first-order valence-corrected chi connectivity index (χ1v) is 7.03. The Hall–Kier alpha value is -0.480. The third-order valence-electron chi connectivity index (χ3n) is 2.94. The molecule has 0 unspecified atom stereocenters. The maximum absolute atomic E-state index is 11.4. The van der Waals surface area contributed by atoms with E-state index in [4.69, 9.17) is 0 Å². The van der Waals surface area contributed by atoms with E-state index in [2.05, 4.69) is 34.1 Å². The van der Waals surface area contributed by atoms with Crippen LogP contribution in [-0.2, 0) is 4.79 Å². The second-order valence-electron chi connectivity index (χ2n) is 3.97. The fourth-order valence-corrected chi connectivity index (χ4v) is 3.43. The molecule has 0 N–H and O–H groups in total. The minimum absolute atomic E-state index is 0.128. The first kappa shape index (κ1) is 12.0. The third kappa shape index (κ3) is 2.28. The number of rotatable bonds is 1. The molecular formula is C12H14BrNOS. The van der Waals surface area contributed by atoms with Gasteiger partial charge in [0.15, 0.2) is 0 Å². The minimum atomic E-state index is 0.128. The van der Waals surface area contributed by atoms with Gasteiger partial charge < -0.3 is 4.90 Å². The molecule has 1 aromatic carbocycles. The summed E-state index contributed by atoms with van der Waals surface area (Å²) in [4.78, 5) is 14.6. The van der Waals surface area contributed by atoms with E-state index in [9.17, 15) is 4.79 Å². The van der Waals surface area contributed by atoms with Crippen molar-refractivity contribution in [1.82, 2.24) is 4.90 Å². The quantitative estimate of drug-likeness (QED) is 0.791. The predicted octanol–water partition coefficient (Wildman–Crippen LogP) is 3.46. The van der Waals surface area contributed by atoms with Crippen LogP contribution in [0.2, 0.25) is 0 Å². The van der Waals surface area contributed by atoms with Crippen LogP contribution in [0.3, 0.4) is 0 Å². The Bertz CT molecular complexity index is 421. The summed E-state index contributed by atoms with van der Waals surface area (Å²) in [5.74, 6) is 1.21. The molecule has 0 aromatic heterocycles. The lowest BCUT2D eigenvalue weighted by Gasteiger charge is -2.32. The fourth-order valence-electron chi connectivity index (χ4n) is 1.97. The van der Waals surface area contributed by atoms with Crippen molar-refractivity contribution in [3.63, 3.8) is 0 Å². The van der Waals surface area contributed by atoms with Gasteiger partial charge in [0.25, 0.3) is 0 Å².